The van der Waals surface area contributed by atoms with Gasteiger partial charge >= 0.3 is 5.97 Å². The number of carbonyl (C=O) groups excluding carboxylic acids is 2. The SMILES string of the molecule is CCN(CC)S(=O)(=O)c1cc(C(=O)OCC(=O)Nc2ccccc2Cl)ccc1C. The second-order valence-electron chi connectivity index (χ2n) is 6.17. The molecule has 0 saturated heterocycles. The lowest BCUT2D eigenvalue weighted by atomic mass is 10.1. The van der Waals surface area contributed by atoms with Crippen LogP contribution in [-0.2, 0) is 19.6 Å². The Morgan fingerprint density at radius 1 is 1.10 bits per heavy atom. The van der Waals surface area contributed by atoms with Crippen LogP contribution in [0.1, 0.15) is 29.8 Å². The molecule has 9 heteroatoms. The van der Waals surface area contributed by atoms with Crippen LogP contribution in [0.25, 0.3) is 0 Å². The predicted molar refractivity (Wildman–Crippen MR) is 112 cm³/mol. The average molecular weight is 439 g/mol. The number of para-hydroxylation sites is 1. The molecule has 0 aliphatic heterocycles. The molecule has 0 saturated carbocycles. The summed E-state index contributed by atoms with van der Waals surface area (Å²) in [7, 11) is -3.73. The largest absolute Gasteiger partial charge is 0.452 e. The van der Waals surface area contributed by atoms with E-state index in [0.29, 0.717) is 29.4 Å². The third-order valence-corrected chi connectivity index (χ3v) is 6.75. The quantitative estimate of drug-likeness (QED) is 0.637. The first-order chi connectivity index (χ1) is 13.7. The van der Waals surface area contributed by atoms with Gasteiger partial charge in [0.25, 0.3) is 5.91 Å². The average Bonchev–Trinajstić information content (AvgIpc) is 2.69. The standard InChI is InChI=1S/C20H23ClN2O5S/c1-4-23(5-2)29(26,27)18-12-15(11-10-14(18)3)20(25)28-13-19(24)22-17-9-7-6-8-16(17)21/h6-12H,4-5,13H2,1-3H3,(H,22,24). The Morgan fingerprint density at radius 3 is 2.38 bits per heavy atom. The van der Waals surface area contributed by atoms with Crippen LogP contribution < -0.4 is 5.32 Å². The molecular weight excluding hydrogens is 416 g/mol. The van der Waals surface area contributed by atoms with E-state index in [1.807, 2.05) is 0 Å². The van der Waals surface area contributed by atoms with Crippen LogP contribution in [0.4, 0.5) is 5.69 Å². The smallest absolute Gasteiger partial charge is 0.338 e. The Hall–Kier alpha value is -2.42. The zero-order chi connectivity index (χ0) is 21.6. The van der Waals surface area contributed by atoms with Crippen molar-refractivity contribution in [3.63, 3.8) is 0 Å². The summed E-state index contributed by atoms with van der Waals surface area (Å²) in [5.41, 5.74) is 0.968. The number of rotatable bonds is 8. The van der Waals surface area contributed by atoms with Crippen molar-refractivity contribution in [1.82, 2.24) is 4.31 Å². The van der Waals surface area contributed by atoms with Gasteiger partial charge in [0.2, 0.25) is 10.0 Å². The summed E-state index contributed by atoms with van der Waals surface area (Å²) in [6.45, 7) is 5.24. The predicted octanol–water partition coefficient (Wildman–Crippen LogP) is 3.47. The fourth-order valence-electron chi connectivity index (χ4n) is 2.67. The molecule has 1 N–H and O–H groups in total. The molecule has 0 aromatic heterocycles. The molecule has 0 spiro atoms. The third kappa shape index (κ3) is 5.56. The van der Waals surface area contributed by atoms with Crippen LogP contribution in [0.15, 0.2) is 47.4 Å². The van der Waals surface area contributed by atoms with E-state index >= 15 is 0 Å². The molecule has 0 heterocycles. The molecule has 0 fully saturated rings. The highest BCUT2D eigenvalue weighted by molar-refractivity contribution is 7.89. The van der Waals surface area contributed by atoms with E-state index in [1.54, 1.807) is 45.0 Å². The summed E-state index contributed by atoms with van der Waals surface area (Å²) in [5.74, 6) is -1.36. The summed E-state index contributed by atoms with van der Waals surface area (Å²) in [6, 6.07) is 10.9. The molecule has 0 radical (unpaired) electrons. The van der Waals surface area contributed by atoms with Crippen LogP contribution >= 0.6 is 11.6 Å². The summed E-state index contributed by atoms with van der Waals surface area (Å²) < 4.78 is 31.9. The number of hydrogen-bond acceptors (Lipinski definition) is 5. The fraction of sp³-hybridized carbons (Fsp3) is 0.300. The number of sulfonamides is 1. The highest BCUT2D eigenvalue weighted by atomic mass is 35.5. The van der Waals surface area contributed by atoms with Gasteiger partial charge in [-0.1, -0.05) is 43.6 Å². The van der Waals surface area contributed by atoms with Gasteiger partial charge in [0, 0.05) is 13.1 Å². The highest BCUT2D eigenvalue weighted by Gasteiger charge is 2.25. The van der Waals surface area contributed by atoms with Crippen LogP contribution in [0.2, 0.25) is 5.02 Å². The molecule has 0 aliphatic carbocycles. The first-order valence-corrected chi connectivity index (χ1v) is 10.8. The number of nitrogens with one attached hydrogen (secondary N) is 1. The minimum absolute atomic E-state index is 0.0381. The Bertz CT molecular complexity index is 1000. The zero-order valence-electron chi connectivity index (χ0n) is 16.4. The van der Waals surface area contributed by atoms with E-state index in [9.17, 15) is 18.0 Å². The van der Waals surface area contributed by atoms with Gasteiger partial charge in [0.1, 0.15) is 0 Å². The van der Waals surface area contributed by atoms with E-state index in [1.165, 1.54) is 22.5 Å². The van der Waals surface area contributed by atoms with Gasteiger partial charge in [-0.15, -0.1) is 0 Å². The summed E-state index contributed by atoms with van der Waals surface area (Å²) in [6.07, 6.45) is 0. The van der Waals surface area contributed by atoms with Gasteiger partial charge in [-0.3, -0.25) is 4.79 Å². The Balaban J connectivity index is 2.12. The minimum Gasteiger partial charge on any atom is -0.452 e. The molecule has 0 aliphatic rings. The van der Waals surface area contributed by atoms with Gasteiger partial charge in [0.15, 0.2) is 6.61 Å². The number of benzene rings is 2. The van der Waals surface area contributed by atoms with Crippen molar-refractivity contribution in [1.29, 1.82) is 0 Å². The summed E-state index contributed by atoms with van der Waals surface area (Å²) in [4.78, 5) is 24.4. The lowest BCUT2D eigenvalue weighted by Crippen LogP contribution is -2.31. The molecule has 2 aromatic carbocycles. The maximum absolute atomic E-state index is 12.8. The normalized spacial score (nSPS) is 11.3. The number of halogens is 1. The molecule has 29 heavy (non-hydrogen) atoms. The van der Waals surface area contributed by atoms with E-state index < -0.39 is 28.5 Å². The van der Waals surface area contributed by atoms with Gasteiger partial charge < -0.3 is 10.1 Å². The van der Waals surface area contributed by atoms with Crippen molar-refractivity contribution in [2.45, 2.75) is 25.7 Å². The number of aryl methyl sites for hydroxylation is 1. The van der Waals surface area contributed by atoms with Gasteiger partial charge in [-0.25, -0.2) is 13.2 Å². The number of nitrogens with zero attached hydrogens (tertiary/aromatic N) is 1. The Kier molecular flexibility index (Phi) is 7.78. The number of esters is 1. The van der Waals surface area contributed by atoms with Crippen LogP contribution in [0, 0.1) is 6.92 Å². The second kappa shape index (κ2) is 9.87. The maximum Gasteiger partial charge on any atom is 0.338 e. The monoisotopic (exact) mass is 438 g/mol. The first-order valence-electron chi connectivity index (χ1n) is 9.03. The number of carbonyl (C=O) groups is 2. The second-order valence-corrected chi connectivity index (χ2v) is 8.49. The number of anilines is 1. The highest BCUT2D eigenvalue weighted by Crippen LogP contribution is 2.22. The maximum atomic E-state index is 12.8. The summed E-state index contributed by atoms with van der Waals surface area (Å²) >= 11 is 5.97. The van der Waals surface area contributed by atoms with Crippen LogP contribution in [0.5, 0.6) is 0 Å². The minimum atomic E-state index is -3.73. The van der Waals surface area contributed by atoms with Crippen molar-refractivity contribution < 1.29 is 22.7 Å². The molecular formula is C20H23ClN2O5S. The third-order valence-electron chi connectivity index (χ3n) is 4.23. The van der Waals surface area contributed by atoms with Gasteiger partial charge in [-0.2, -0.15) is 4.31 Å². The van der Waals surface area contributed by atoms with E-state index in [0.717, 1.165) is 0 Å². The number of ether oxygens (including phenoxy) is 1. The van der Waals surface area contributed by atoms with Crippen LogP contribution in [-0.4, -0.2) is 44.3 Å². The van der Waals surface area contributed by atoms with Crippen molar-refractivity contribution in [2.75, 3.05) is 25.0 Å². The Labute approximate surface area is 175 Å². The lowest BCUT2D eigenvalue weighted by molar-refractivity contribution is -0.119. The van der Waals surface area contributed by atoms with Crippen LogP contribution in [0.3, 0.4) is 0 Å². The molecule has 0 unspecified atom stereocenters. The number of amides is 1. The van der Waals surface area contributed by atoms with Crippen molar-refractivity contribution in [3.8, 4) is 0 Å². The molecule has 1 amide bonds. The zero-order valence-corrected chi connectivity index (χ0v) is 18.0. The lowest BCUT2D eigenvalue weighted by Gasteiger charge is -2.20. The van der Waals surface area contributed by atoms with Crippen molar-refractivity contribution >= 4 is 39.2 Å². The molecule has 0 bridgehead atoms. The van der Waals surface area contributed by atoms with Gasteiger partial charge in [-0.05, 0) is 36.8 Å². The summed E-state index contributed by atoms with van der Waals surface area (Å²) in [5, 5.41) is 2.90. The van der Waals surface area contributed by atoms with Crippen molar-refractivity contribution in [3.05, 3.63) is 58.6 Å². The molecule has 0 atom stereocenters. The first kappa shape index (κ1) is 22.9. The number of hydrogen-bond donors (Lipinski definition) is 1. The van der Waals surface area contributed by atoms with Crippen molar-refractivity contribution in [2.24, 2.45) is 0 Å². The Morgan fingerprint density at radius 2 is 1.76 bits per heavy atom. The van der Waals surface area contributed by atoms with Gasteiger partial charge in [0.05, 0.1) is 21.2 Å². The molecule has 7 nitrogen and oxygen atoms in total. The topological polar surface area (TPSA) is 92.8 Å². The van der Waals surface area contributed by atoms with E-state index in [2.05, 4.69) is 5.32 Å². The molecule has 2 aromatic rings. The molecule has 2 rings (SSSR count). The fourth-order valence-corrected chi connectivity index (χ4v) is 4.56. The molecule has 156 valence electrons. The van der Waals surface area contributed by atoms with E-state index in [4.69, 9.17) is 16.3 Å². The van der Waals surface area contributed by atoms with E-state index in [-0.39, 0.29) is 10.5 Å².